The molecule has 0 saturated heterocycles. The molecule has 1 aliphatic rings. The zero-order chi connectivity index (χ0) is 29.4. The van der Waals surface area contributed by atoms with Gasteiger partial charge in [-0.25, -0.2) is 0 Å². The van der Waals surface area contributed by atoms with Crippen molar-refractivity contribution in [2.45, 2.75) is 19.0 Å². The summed E-state index contributed by atoms with van der Waals surface area (Å²) in [4.78, 5) is 31.6. The molecule has 3 heterocycles. The molecular weight excluding hydrogens is 561 g/mol. The highest BCUT2D eigenvalue weighted by atomic mass is 32.1. The molecule has 0 aliphatic carbocycles. The molecule has 0 fully saturated rings. The Labute approximate surface area is 243 Å². The molecule has 2 aromatic heterocycles. The number of nitrogens with one attached hydrogen (secondary N) is 1. The van der Waals surface area contributed by atoms with E-state index in [1.54, 1.807) is 17.5 Å². The van der Waals surface area contributed by atoms with Crippen LogP contribution in [0.1, 0.15) is 27.9 Å². The molecule has 3 aromatic carbocycles. The molecule has 2 amide bonds. The molecule has 6 nitrogen and oxygen atoms in total. The van der Waals surface area contributed by atoms with Gasteiger partial charge in [0.25, 0.3) is 5.91 Å². The van der Waals surface area contributed by atoms with E-state index in [9.17, 15) is 22.8 Å². The minimum Gasteiger partial charge on any atom is -0.351 e. The van der Waals surface area contributed by atoms with Gasteiger partial charge in [0.05, 0.1) is 16.8 Å². The molecule has 3 N–H and O–H groups in total. The van der Waals surface area contributed by atoms with E-state index in [-0.39, 0.29) is 36.0 Å². The van der Waals surface area contributed by atoms with Crippen LogP contribution in [0.15, 0.2) is 83.7 Å². The van der Waals surface area contributed by atoms with Gasteiger partial charge in [0.15, 0.2) is 0 Å². The fraction of sp³-hybridized carbons (Fsp3) is 0.156. The van der Waals surface area contributed by atoms with Gasteiger partial charge in [-0.05, 0) is 87.5 Å². The number of carbonyl (C=O) groups excluding carboxylic acids is 2. The van der Waals surface area contributed by atoms with Gasteiger partial charge in [0.2, 0.25) is 5.91 Å². The number of anilines is 2. The first-order valence-electron chi connectivity index (χ1n) is 13.3. The third kappa shape index (κ3) is 5.15. The quantitative estimate of drug-likeness (QED) is 0.225. The monoisotopic (exact) mass is 586 g/mol. The summed E-state index contributed by atoms with van der Waals surface area (Å²) in [6.45, 7) is 0.566. The molecule has 212 valence electrons. The lowest BCUT2D eigenvalue weighted by molar-refractivity contribution is -0.137. The van der Waals surface area contributed by atoms with Gasteiger partial charge in [-0.1, -0.05) is 24.3 Å². The Bertz CT molecular complexity index is 1800. The Kier molecular flexibility index (Phi) is 7.26. The number of nitrogens with zero attached hydrogens (tertiary/aromatic N) is 2. The predicted octanol–water partition coefficient (Wildman–Crippen LogP) is 6.95. The van der Waals surface area contributed by atoms with Crippen LogP contribution in [0.5, 0.6) is 0 Å². The maximum Gasteiger partial charge on any atom is 0.417 e. The van der Waals surface area contributed by atoms with Crippen LogP contribution in [0.3, 0.4) is 0 Å². The number of hydrogen-bond acceptors (Lipinski definition) is 5. The number of halogens is 3. The Balaban J connectivity index is 1.45. The molecular formula is C32H25F3N4O2S. The zero-order valence-electron chi connectivity index (χ0n) is 22.2. The van der Waals surface area contributed by atoms with E-state index in [1.807, 2.05) is 35.0 Å². The lowest BCUT2D eigenvalue weighted by Crippen LogP contribution is -2.31. The molecule has 6 rings (SSSR count). The number of hydrogen-bond donors (Lipinski definition) is 2. The first kappa shape index (κ1) is 27.6. The van der Waals surface area contributed by atoms with E-state index in [1.165, 1.54) is 41.3 Å². The van der Waals surface area contributed by atoms with Crippen LogP contribution in [0.25, 0.3) is 33.2 Å². The summed E-state index contributed by atoms with van der Waals surface area (Å²) in [6.07, 6.45) is -2.39. The Morgan fingerprint density at radius 2 is 1.76 bits per heavy atom. The van der Waals surface area contributed by atoms with Crippen molar-refractivity contribution in [1.82, 2.24) is 10.3 Å². The first-order valence-corrected chi connectivity index (χ1v) is 14.3. The normalized spacial score (nSPS) is 13.3. The van der Waals surface area contributed by atoms with E-state index in [0.717, 1.165) is 22.8 Å². The topological polar surface area (TPSA) is 88.3 Å². The van der Waals surface area contributed by atoms with Crippen molar-refractivity contribution in [2.75, 3.05) is 18.0 Å². The molecule has 0 bridgehead atoms. The van der Waals surface area contributed by atoms with Crippen molar-refractivity contribution in [2.24, 2.45) is 5.73 Å². The van der Waals surface area contributed by atoms with Crippen molar-refractivity contribution in [1.29, 1.82) is 0 Å². The summed E-state index contributed by atoms with van der Waals surface area (Å²) < 4.78 is 43.5. The summed E-state index contributed by atoms with van der Waals surface area (Å²) in [6, 6.07) is 17.6. The predicted molar refractivity (Wildman–Crippen MR) is 159 cm³/mol. The van der Waals surface area contributed by atoms with E-state index in [4.69, 9.17) is 5.73 Å². The van der Waals surface area contributed by atoms with Crippen molar-refractivity contribution in [3.63, 3.8) is 0 Å². The minimum absolute atomic E-state index is 0.0517. The van der Waals surface area contributed by atoms with Gasteiger partial charge in [0, 0.05) is 42.3 Å². The van der Waals surface area contributed by atoms with Crippen LogP contribution in [-0.4, -0.2) is 29.9 Å². The summed E-state index contributed by atoms with van der Waals surface area (Å²) in [7, 11) is 0. The molecule has 0 radical (unpaired) electrons. The Hall–Kier alpha value is -4.54. The van der Waals surface area contributed by atoms with Crippen molar-refractivity contribution < 1.29 is 22.8 Å². The number of carbonyl (C=O) groups is 2. The van der Waals surface area contributed by atoms with Gasteiger partial charge in [-0.2, -0.15) is 24.5 Å². The van der Waals surface area contributed by atoms with Crippen molar-refractivity contribution in [3.8, 4) is 22.3 Å². The molecule has 0 saturated carbocycles. The van der Waals surface area contributed by atoms with Gasteiger partial charge in [-0.3, -0.25) is 19.5 Å². The summed E-state index contributed by atoms with van der Waals surface area (Å²) in [5, 5.41) is 7.32. The number of fused-ring (bicyclic) bond motifs is 3. The largest absolute Gasteiger partial charge is 0.417 e. The highest BCUT2D eigenvalue weighted by molar-refractivity contribution is 7.08. The fourth-order valence-corrected chi connectivity index (χ4v) is 5.94. The lowest BCUT2D eigenvalue weighted by atomic mass is 9.94. The average molecular weight is 587 g/mol. The van der Waals surface area contributed by atoms with Gasteiger partial charge in [-0.15, -0.1) is 0 Å². The van der Waals surface area contributed by atoms with Crippen LogP contribution in [0.4, 0.5) is 24.5 Å². The number of thiophene rings is 1. The van der Waals surface area contributed by atoms with Crippen molar-refractivity contribution >= 4 is 45.4 Å². The SMILES string of the molecule is NCCNC(=O)c1ccc(-c2ccc(N3C(=O)CCc4cnc5ccc(-c6ccsc6)cc5c43)cc2C(F)(F)F)cc1. The van der Waals surface area contributed by atoms with E-state index < -0.39 is 11.7 Å². The highest BCUT2D eigenvalue weighted by Gasteiger charge is 2.36. The molecule has 0 atom stereocenters. The molecule has 1 aliphatic heterocycles. The highest BCUT2D eigenvalue weighted by Crippen LogP contribution is 2.44. The third-order valence-corrected chi connectivity index (χ3v) is 7.99. The third-order valence-electron chi connectivity index (χ3n) is 7.31. The maximum absolute atomic E-state index is 14.5. The van der Waals surface area contributed by atoms with Gasteiger partial charge < -0.3 is 11.1 Å². The van der Waals surface area contributed by atoms with E-state index in [2.05, 4.69) is 10.3 Å². The molecule has 10 heteroatoms. The summed E-state index contributed by atoms with van der Waals surface area (Å²) in [5.41, 5.74) is 9.18. The number of aromatic nitrogens is 1. The van der Waals surface area contributed by atoms with Crippen molar-refractivity contribution in [3.05, 3.63) is 100 Å². The van der Waals surface area contributed by atoms with E-state index >= 15 is 0 Å². The lowest BCUT2D eigenvalue weighted by Gasteiger charge is -2.31. The zero-order valence-corrected chi connectivity index (χ0v) is 23.1. The van der Waals surface area contributed by atoms with Crippen LogP contribution in [0, 0.1) is 0 Å². The number of aryl methyl sites for hydroxylation is 1. The second-order valence-electron chi connectivity index (χ2n) is 9.95. The molecule has 5 aromatic rings. The standard InChI is InChI=1S/C32H25F3N4O2S/c33-32(34,35)27-16-24(7-8-25(27)19-1-3-20(4-2-19)31(41)37-13-12-36)39-29(40)10-6-22-17-38-28-9-5-21(15-26(28)30(22)39)23-11-14-42-18-23/h1-5,7-9,11,14-18H,6,10,12-13,36H2,(H,37,41). The molecule has 0 unspecified atom stereocenters. The second-order valence-corrected chi connectivity index (χ2v) is 10.7. The smallest absolute Gasteiger partial charge is 0.351 e. The second kappa shape index (κ2) is 11.0. The van der Waals surface area contributed by atoms with Gasteiger partial charge >= 0.3 is 6.18 Å². The maximum atomic E-state index is 14.5. The van der Waals surface area contributed by atoms with Crippen LogP contribution < -0.4 is 16.0 Å². The van der Waals surface area contributed by atoms with Crippen LogP contribution in [0.2, 0.25) is 0 Å². The Morgan fingerprint density at radius 1 is 0.976 bits per heavy atom. The van der Waals surface area contributed by atoms with Gasteiger partial charge in [0.1, 0.15) is 0 Å². The van der Waals surface area contributed by atoms with Crippen LogP contribution >= 0.6 is 11.3 Å². The number of rotatable bonds is 6. The number of pyridine rings is 1. The van der Waals surface area contributed by atoms with E-state index in [0.29, 0.717) is 40.7 Å². The minimum atomic E-state index is -4.70. The summed E-state index contributed by atoms with van der Waals surface area (Å²) >= 11 is 1.56. The van der Waals surface area contributed by atoms with Crippen LogP contribution in [-0.2, 0) is 17.4 Å². The first-order chi connectivity index (χ1) is 20.2. The molecule has 42 heavy (non-hydrogen) atoms. The number of nitrogens with two attached hydrogens (primary N) is 1. The average Bonchev–Trinajstić information content (AvgIpc) is 3.54. The summed E-state index contributed by atoms with van der Waals surface area (Å²) in [5.74, 6) is -0.644. The fourth-order valence-electron chi connectivity index (χ4n) is 5.27. The number of amides is 2. The molecule has 0 spiro atoms. The number of benzene rings is 3. The Morgan fingerprint density at radius 3 is 2.48 bits per heavy atom. The number of alkyl halides is 3.